The molecule has 0 spiro atoms. The zero-order chi connectivity index (χ0) is 29.3. The van der Waals surface area contributed by atoms with Crippen LogP contribution in [0.4, 0.5) is 11.5 Å². The molecule has 0 unspecified atom stereocenters. The van der Waals surface area contributed by atoms with Crippen molar-refractivity contribution in [1.29, 1.82) is 0 Å². The fourth-order valence-corrected chi connectivity index (χ4v) is 5.71. The van der Waals surface area contributed by atoms with E-state index in [2.05, 4.69) is 10.1 Å². The lowest BCUT2D eigenvalue weighted by atomic mass is 9.96. The summed E-state index contributed by atoms with van der Waals surface area (Å²) in [7, 11) is 1.87. The third-order valence-corrected chi connectivity index (χ3v) is 7.97. The van der Waals surface area contributed by atoms with Crippen molar-refractivity contribution in [2.45, 2.75) is 33.9 Å². The lowest BCUT2D eigenvalue weighted by Gasteiger charge is -2.30. The summed E-state index contributed by atoms with van der Waals surface area (Å²) in [6.45, 7) is 7.96. The second-order valence-electron chi connectivity index (χ2n) is 10.9. The zero-order valence-electron chi connectivity index (χ0n) is 23.3. The Morgan fingerprint density at radius 2 is 1.93 bits per heavy atom. The van der Waals surface area contributed by atoms with Gasteiger partial charge in [0.05, 0.1) is 53.7 Å². The number of morpholine rings is 1. The molecule has 0 saturated carbocycles. The minimum absolute atomic E-state index is 0.204. The molecule has 0 N–H and O–H groups in total. The highest BCUT2D eigenvalue weighted by atomic mass is 35.5. The number of Topliss-reactive ketones (excluding diaryl/α,β-unsaturated/α-hetero) is 1. The number of ketones is 1. The molecule has 4 aromatic rings. The molecule has 0 aliphatic carbocycles. The molecule has 1 aliphatic rings. The number of hydrogen-bond acceptors (Lipinski definition) is 10. The molecule has 5 heterocycles. The fraction of sp³-hybridized carbons (Fsp3) is 0.393. The predicted molar refractivity (Wildman–Crippen MR) is 157 cm³/mol. The van der Waals surface area contributed by atoms with Crippen LogP contribution in [0, 0.1) is 5.41 Å². The van der Waals surface area contributed by atoms with Gasteiger partial charge in [-0.05, 0) is 18.2 Å². The second kappa shape index (κ2) is 11.6. The number of hydrogen-bond donors (Lipinski definition) is 0. The summed E-state index contributed by atoms with van der Waals surface area (Å²) in [5, 5.41) is 8.31. The van der Waals surface area contributed by atoms with Crippen molar-refractivity contribution in [2.24, 2.45) is 5.41 Å². The normalized spacial score (nSPS) is 13.9. The van der Waals surface area contributed by atoms with E-state index in [9.17, 15) is 14.4 Å². The summed E-state index contributed by atoms with van der Waals surface area (Å²) in [6.07, 6.45) is 4.17. The van der Waals surface area contributed by atoms with Gasteiger partial charge in [0.2, 0.25) is 0 Å². The maximum atomic E-state index is 14.0. The summed E-state index contributed by atoms with van der Waals surface area (Å²) in [5.41, 5.74) is 0.451. The quantitative estimate of drug-likeness (QED) is 0.271. The lowest BCUT2D eigenvalue weighted by Crippen LogP contribution is -2.38. The Balaban J connectivity index is 1.63. The van der Waals surface area contributed by atoms with E-state index in [1.807, 2.05) is 50.9 Å². The predicted octanol–water partition coefficient (Wildman–Crippen LogP) is 4.46. The average Bonchev–Trinajstić information content (AvgIpc) is 3.71. The molecule has 1 saturated heterocycles. The van der Waals surface area contributed by atoms with E-state index in [4.69, 9.17) is 26.0 Å². The number of rotatable bonds is 8. The number of pyridine rings is 1. The Hall–Kier alpha value is -3.74. The maximum Gasteiger partial charge on any atom is 0.262 e. The van der Waals surface area contributed by atoms with Crippen LogP contribution in [0.3, 0.4) is 0 Å². The van der Waals surface area contributed by atoms with Crippen LogP contribution in [0.5, 0.6) is 0 Å². The summed E-state index contributed by atoms with van der Waals surface area (Å²) in [4.78, 5) is 45.4. The number of ether oxygens (including phenoxy) is 1. The number of aromatic nitrogens is 4. The van der Waals surface area contributed by atoms with Crippen molar-refractivity contribution in [3.63, 3.8) is 0 Å². The first-order valence-electron chi connectivity index (χ1n) is 13.1. The second-order valence-corrected chi connectivity index (χ2v) is 12.7. The molecule has 5 rings (SSSR count). The van der Waals surface area contributed by atoms with Crippen LogP contribution in [0.1, 0.15) is 40.8 Å². The first-order valence-corrected chi connectivity index (χ1v) is 14.3. The minimum atomic E-state index is -0.736. The van der Waals surface area contributed by atoms with Crippen molar-refractivity contribution in [2.75, 3.05) is 43.2 Å². The fourth-order valence-electron chi connectivity index (χ4n) is 4.57. The molecule has 0 bridgehead atoms. The number of carbonyl (C=O) groups excluding carboxylic acids is 2. The summed E-state index contributed by atoms with van der Waals surface area (Å²) in [5.74, 6) is -0.00348. The Labute approximate surface area is 245 Å². The van der Waals surface area contributed by atoms with Crippen molar-refractivity contribution in [1.82, 2.24) is 19.5 Å². The van der Waals surface area contributed by atoms with Crippen LogP contribution >= 0.6 is 22.9 Å². The molecule has 0 atom stereocenters. The van der Waals surface area contributed by atoms with Gasteiger partial charge in [-0.25, -0.2) is 0 Å². The van der Waals surface area contributed by atoms with Crippen LogP contribution in [-0.2, 0) is 17.8 Å². The number of thiophene rings is 1. The highest BCUT2D eigenvalue weighted by molar-refractivity contribution is 7.16. The molecule has 4 aromatic heterocycles. The van der Waals surface area contributed by atoms with Crippen LogP contribution < -0.4 is 15.4 Å². The molecule has 1 aliphatic heterocycles. The molecule has 1 fully saturated rings. The zero-order valence-corrected chi connectivity index (χ0v) is 24.9. The van der Waals surface area contributed by atoms with Gasteiger partial charge in [0.1, 0.15) is 17.8 Å². The summed E-state index contributed by atoms with van der Waals surface area (Å²) in [6, 6.07) is 7.34. The number of nitrogens with zero attached hydrogens (tertiary/aromatic N) is 6. The van der Waals surface area contributed by atoms with E-state index >= 15 is 0 Å². The monoisotopic (exact) mass is 598 g/mol. The van der Waals surface area contributed by atoms with E-state index in [-0.39, 0.29) is 23.8 Å². The van der Waals surface area contributed by atoms with Gasteiger partial charge in [-0.1, -0.05) is 37.5 Å². The van der Waals surface area contributed by atoms with Crippen LogP contribution in [0.2, 0.25) is 4.34 Å². The van der Waals surface area contributed by atoms with Gasteiger partial charge in [0.15, 0.2) is 5.78 Å². The van der Waals surface area contributed by atoms with Crippen molar-refractivity contribution < 1.29 is 18.8 Å². The smallest absolute Gasteiger partial charge is 0.262 e. The topological polar surface area (TPSA) is 116 Å². The summed E-state index contributed by atoms with van der Waals surface area (Å²) < 4.78 is 13.7. The van der Waals surface area contributed by atoms with Gasteiger partial charge in [-0.2, -0.15) is 9.78 Å². The minimum Gasteiger partial charge on any atom is -0.378 e. The highest BCUT2D eigenvalue weighted by Gasteiger charge is 2.30. The van der Waals surface area contributed by atoms with Crippen LogP contribution in [0.15, 0.2) is 52.2 Å². The van der Waals surface area contributed by atoms with E-state index in [1.165, 1.54) is 33.0 Å². The Morgan fingerprint density at radius 1 is 1.17 bits per heavy atom. The Kier molecular flexibility index (Phi) is 8.16. The SMILES string of the molecule is CN(Cc1ccc(Cl)s1)c1cc(-c2c(N3CCOCC3)ccn(CC(=O)c3cnoc3)c2=O)nn1C(=O)C(C)(C)C. The Bertz CT molecular complexity index is 1610. The maximum absolute atomic E-state index is 14.0. The van der Waals surface area contributed by atoms with Gasteiger partial charge < -0.3 is 23.6 Å². The van der Waals surface area contributed by atoms with Crippen LogP contribution in [0.25, 0.3) is 11.3 Å². The lowest BCUT2D eigenvalue weighted by molar-refractivity contribution is 0.0751. The number of carbonyl (C=O) groups is 2. The molecule has 216 valence electrons. The average molecular weight is 599 g/mol. The molecule has 11 nitrogen and oxygen atoms in total. The van der Waals surface area contributed by atoms with Crippen molar-refractivity contribution >= 4 is 46.1 Å². The molecule has 41 heavy (non-hydrogen) atoms. The van der Waals surface area contributed by atoms with Gasteiger partial charge in [-0.15, -0.1) is 11.3 Å². The number of halogens is 1. The summed E-state index contributed by atoms with van der Waals surface area (Å²) >= 11 is 7.61. The van der Waals surface area contributed by atoms with Gasteiger partial charge >= 0.3 is 0 Å². The largest absolute Gasteiger partial charge is 0.378 e. The Morgan fingerprint density at radius 3 is 2.56 bits per heavy atom. The third-order valence-electron chi connectivity index (χ3n) is 6.76. The van der Waals surface area contributed by atoms with Crippen LogP contribution in [-0.4, -0.2) is 64.5 Å². The van der Waals surface area contributed by atoms with Crippen molar-refractivity contribution in [3.8, 4) is 11.3 Å². The standard InChI is InChI=1S/C28H31ClN6O5S/c1-28(2,3)27(38)35-24(32(4)15-19-5-6-23(29)41-19)13-20(31-35)25-21(33-9-11-39-12-10-33)7-8-34(26(25)37)16-22(36)18-14-30-40-17-18/h5-8,13-14,17H,9-12,15-16H2,1-4H3. The molecule has 13 heteroatoms. The van der Waals surface area contributed by atoms with E-state index in [0.717, 1.165) is 4.88 Å². The molecule has 0 amide bonds. The first kappa shape index (κ1) is 28.8. The van der Waals surface area contributed by atoms with E-state index in [1.54, 1.807) is 12.3 Å². The van der Waals surface area contributed by atoms with Gasteiger partial charge in [0.25, 0.3) is 11.5 Å². The number of anilines is 2. The molecule has 0 aromatic carbocycles. The molecular weight excluding hydrogens is 568 g/mol. The van der Waals surface area contributed by atoms with Gasteiger partial charge in [0, 0.05) is 42.7 Å². The van der Waals surface area contributed by atoms with E-state index in [0.29, 0.717) is 59.9 Å². The molecular formula is C28H31ClN6O5S. The van der Waals surface area contributed by atoms with Crippen molar-refractivity contribution in [3.05, 3.63) is 68.1 Å². The van der Waals surface area contributed by atoms with Gasteiger partial charge in [-0.3, -0.25) is 14.4 Å². The highest BCUT2D eigenvalue weighted by Crippen LogP contribution is 2.33. The van der Waals surface area contributed by atoms with E-state index < -0.39 is 11.0 Å². The molecule has 0 radical (unpaired) electrons. The first-order chi connectivity index (χ1) is 19.5. The third kappa shape index (κ3) is 6.14.